The number of nitriles is 1. The number of benzene rings is 1. The third kappa shape index (κ3) is 1.68. The van der Waals surface area contributed by atoms with Gasteiger partial charge in [-0.05, 0) is 23.8 Å². The highest BCUT2D eigenvalue weighted by molar-refractivity contribution is 5.74. The van der Waals surface area contributed by atoms with E-state index < -0.39 is 5.56 Å². The number of pyridine rings is 1. The summed E-state index contributed by atoms with van der Waals surface area (Å²) in [7, 11) is 1.53. The molecule has 6 heteroatoms. The number of ether oxygens (including phenoxy) is 2. The van der Waals surface area contributed by atoms with Gasteiger partial charge in [-0.3, -0.25) is 9.36 Å². The molecule has 2 aromatic rings. The Hall–Kier alpha value is -2.94. The Morgan fingerprint density at radius 1 is 1.30 bits per heavy atom. The molecule has 2 N–H and O–H groups in total. The highest BCUT2D eigenvalue weighted by Gasteiger charge is 2.17. The zero-order valence-electron chi connectivity index (χ0n) is 10.7. The molecule has 1 aliphatic rings. The smallest absolute Gasteiger partial charge is 0.270 e. The van der Waals surface area contributed by atoms with Crippen molar-refractivity contribution >= 4 is 5.82 Å². The number of nitrogens with zero attached hydrogens (tertiary/aromatic N) is 2. The van der Waals surface area contributed by atoms with Gasteiger partial charge in [0.25, 0.3) is 5.56 Å². The number of hydrogen-bond acceptors (Lipinski definition) is 5. The van der Waals surface area contributed by atoms with Crippen LogP contribution >= 0.6 is 0 Å². The van der Waals surface area contributed by atoms with Gasteiger partial charge in [0, 0.05) is 12.6 Å². The molecule has 1 aliphatic heterocycles. The van der Waals surface area contributed by atoms with Crippen molar-refractivity contribution in [3.05, 3.63) is 40.2 Å². The standard InChI is InChI=1S/C14H11N3O3/c1-17-13(16)5-9(10(6-15)14(17)18)8-2-3-11-12(4-8)20-7-19-11/h2-5H,7,16H2,1H3. The first-order valence-electron chi connectivity index (χ1n) is 5.91. The van der Waals surface area contributed by atoms with E-state index in [0.717, 1.165) is 0 Å². The monoisotopic (exact) mass is 269 g/mol. The number of nitrogen functional groups attached to an aromatic ring is 1. The van der Waals surface area contributed by atoms with E-state index in [1.165, 1.54) is 11.6 Å². The first kappa shape index (κ1) is 12.1. The topological polar surface area (TPSA) is 90.3 Å². The molecule has 6 nitrogen and oxygen atoms in total. The van der Waals surface area contributed by atoms with E-state index in [1.807, 2.05) is 6.07 Å². The van der Waals surface area contributed by atoms with Crippen LogP contribution in [0.15, 0.2) is 29.1 Å². The lowest BCUT2D eigenvalue weighted by molar-refractivity contribution is 0.174. The van der Waals surface area contributed by atoms with Gasteiger partial charge in [0.1, 0.15) is 17.5 Å². The van der Waals surface area contributed by atoms with Crippen molar-refractivity contribution < 1.29 is 9.47 Å². The minimum Gasteiger partial charge on any atom is -0.454 e. The van der Waals surface area contributed by atoms with Crippen LogP contribution in [-0.4, -0.2) is 11.4 Å². The fourth-order valence-electron chi connectivity index (χ4n) is 2.12. The molecule has 0 amide bonds. The van der Waals surface area contributed by atoms with Gasteiger partial charge < -0.3 is 15.2 Å². The second-order valence-corrected chi connectivity index (χ2v) is 4.40. The maximum Gasteiger partial charge on any atom is 0.270 e. The van der Waals surface area contributed by atoms with E-state index in [-0.39, 0.29) is 12.4 Å². The molecular weight excluding hydrogens is 258 g/mol. The maximum absolute atomic E-state index is 12.1. The highest BCUT2D eigenvalue weighted by Crippen LogP contribution is 2.36. The van der Waals surface area contributed by atoms with Crippen LogP contribution in [0, 0.1) is 11.3 Å². The molecule has 2 heterocycles. The third-order valence-corrected chi connectivity index (χ3v) is 3.26. The largest absolute Gasteiger partial charge is 0.454 e. The Labute approximate surface area is 114 Å². The number of fused-ring (bicyclic) bond motifs is 1. The van der Waals surface area contributed by atoms with Gasteiger partial charge in [-0.1, -0.05) is 6.07 Å². The van der Waals surface area contributed by atoms with Crippen LogP contribution in [0.1, 0.15) is 5.56 Å². The number of nitrogens with two attached hydrogens (primary N) is 1. The number of hydrogen-bond donors (Lipinski definition) is 1. The Balaban J connectivity index is 2.25. The summed E-state index contributed by atoms with van der Waals surface area (Å²) in [4.78, 5) is 12.1. The van der Waals surface area contributed by atoms with Crippen molar-refractivity contribution in [1.29, 1.82) is 5.26 Å². The van der Waals surface area contributed by atoms with Gasteiger partial charge in [-0.25, -0.2) is 0 Å². The number of rotatable bonds is 1. The van der Waals surface area contributed by atoms with Gasteiger partial charge in [-0.15, -0.1) is 0 Å². The summed E-state index contributed by atoms with van der Waals surface area (Å²) in [5, 5.41) is 9.21. The second kappa shape index (κ2) is 4.31. The molecule has 0 saturated carbocycles. The fourth-order valence-corrected chi connectivity index (χ4v) is 2.12. The Kier molecular flexibility index (Phi) is 2.61. The zero-order valence-corrected chi connectivity index (χ0v) is 10.7. The summed E-state index contributed by atoms with van der Waals surface area (Å²) in [6.07, 6.45) is 0. The third-order valence-electron chi connectivity index (χ3n) is 3.26. The van der Waals surface area contributed by atoms with Gasteiger partial charge in [0.2, 0.25) is 6.79 Å². The van der Waals surface area contributed by atoms with Crippen LogP contribution in [0.4, 0.5) is 5.82 Å². The Morgan fingerprint density at radius 3 is 2.80 bits per heavy atom. The minimum absolute atomic E-state index is 0.0561. The molecule has 3 rings (SSSR count). The average Bonchev–Trinajstić information content (AvgIpc) is 2.91. The van der Waals surface area contributed by atoms with E-state index in [9.17, 15) is 10.1 Å². The van der Waals surface area contributed by atoms with E-state index in [1.54, 1.807) is 24.3 Å². The van der Waals surface area contributed by atoms with Gasteiger partial charge >= 0.3 is 0 Å². The maximum atomic E-state index is 12.1. The first-order chi connectivity index (χ1) is 9.61. The molecule has 0 fully saturated rings. The lowest BCUT2D eigenvalue weighted by Gasteiger charge is -2.09. The number of anilines is 1. The van der Waals surface area contributed by atoms with Gasteiger partial charge in [-0.2, -0.15) is 5.26 Å². The van der Waals surface area contributed by atoms with Crippen molar-refractivity contribution in [2.24, 2.45) is 7.05 Å². The molecular formula is C14H11N3O3. The summed E-state index contributed by atoms with van der Waals surface area (Å²) in [5.41, 5.74) is 6.61. The van der Waals surface area contributed by atoms with Gasteiger partial charge in [0.15, 0.2) is 11.5 Å². The molecule has 0 unspecified atom stereocenters. The summed E-state index contributed by atoms with van der Waals surface area (Å²) in [6.45, 7) is 0.169. The Morgan fingerprint density at radius 2 is 2.05 bits per heavy atom. The number of aromatic nitrogens is 1. The summed E-state index contributed by atoms with van der Waals surface area (Å²) >= 11 is 0. The summed E-state index contributed by atoms with van der Waals surface area (Å²) < 4.78 is 11.8. The molecule has 1 aromatic heterocycles. The van der Waals surface area contributed by atoms with Crippen molar-refractivity contribution in [2.45, 2.75) is 0 Å². The van der Waals surface area contributed by atoms with E-state index in [0.29, 0.717) is 28.4 Å². The molecule has 0 aliphatic carbocycles. The van der Waals surface area contributed by atoms with E-state index >= 15 is 0 Å². The summed E-state index contributed by atoms with van der Waals surface area (Å²) in [6, 6.07) is 8.79. The quantitative estimate of drug-likeness (QED) is 0.841. The fraction of sp³-hybridized carbons (Fsp3) is 0.143. The van der Waals surface area contributed by atoms with Crippen molar-refractivity contribution in [1.82, 2.24) is 4.57 Å². The summed E-state index contributed by atoms with van der Waals surface area (Å²) in [5.74, 6) is 1.52. The second-order valence-electron chi connectivity index (χ2n) is 4.40. The predicted octanol–water partition coefficient (Wildman–Crippen LogP) is 1.23. The predicted molar refractivity (Wildman–Crippen MR) is 72.4 cm³/mol. The van der Waals surface area contributed by atoms with Crippen LogP contribution in [0.5, 0.6) is 11.5 Å². The van der Waals surface area contributed by atoms with Gasteiger partial charge in [0.05, 0.1) is 0 Å². The van der Waals surface area contributed by atoms with Crippen LogP contribution in [0.2, 0.25) is 0 Å². The van der Waals surface area contributed by atoms with Crippen molar-refractivity contribution in [2.75, 3.05) is 12.5 Å². The lowest BCUT2D eigenvalue weighted by atomic mass is 10.0. The molecule has 0 spiro atoms. The average molecular weight is 269 g/mol. The zero-order chi connectivity index (χ0) is 14.3. The molecule has 1 aromatic carbocycles. The normalized spacial score (nSPS) is 12.2. The molecule has 0 saturated heterocycles. The Bertz CT molecular complexity index is 803. The molecule has 0 radical (unpaired) electrons. The first-order valence-corrected chi connectivity index (χ1v) is 5.91. The van der Waals surface area contributed by atoms with E-state index in [2.05, 4.69) is 0 Å². The SMILES string of the molecule is Cn1c(N)cc(-c2ccc3c(c2)OCO3)c(C#N)c1=O. The van der Waals surface area contributed by atoms with Crippen LogP contribution in [0.3, 0.4) is 0 Å². The molecule has 0 bridgehead atoms. The lowest BCUT2D eigenvalue weighted by Crippen LogP contribution is -2.23. The molecule has 0 atom stereocenters. The minimum atomic E-state index is -0.417. The molecule has 100 valence electrons. The van der Waals surface area contributed by atoms with Crippen molar-refractivity contribution in [3.63, 3.8) is 0 Å². The van der Waals surface area contributed by atoms with Crippen molar-refractivity contribution in [3.8, 4) is 28.7 Å². The van der Waals surface area contributed by atoms with E-state index in [4.69, 9.17) is 15.2 Å². The highest BCUT2D eigenvalue weighted by atomic mass is 16.7. The van der Waals surface area contributed by atoms with Crippen LogP contribution in [-0.2, 0) is 7.05 Å². The van der Waals surface area contributed by atoms with Crippen LogP contribution < -0.4 is 20.8 Å². The van der Waals surface area contributed by atoms with Crippen LogP contribution in [0.25, 0.3) is 11.1 Å². The molecule has 20 heavy (non-hydrogen) atoms.